The summed E-state index contributed by atoms with van der Waals surface area (Å²) in [5.74, 6) is 0.877. The molecular weight excluding hydrogens is 212 g/mol. The molecule has 3 heteroatoms. The Balaban J connectivity index is 1.87. The van der Waals surface area contributed by atoms with Gasteiger partial charge in [0.15, 0.2) is 0 Å². The Hall–Kier alpha value is -0.120. The van der Waals surface area contributed by atoms with Crippen LogP contribution in [0.3, 0.4) is 0 Å². The van der Waals surface area contributed by atoms with Gasteiger partial charge in [-0.1, -0.05) is 20.3 Å². The van der Waals surface area contributed by atoms with E-state index in [2.05, 4.69) is 31.0 Å². The lowest BCUT2D eigenvalue weighted by molar-refractivity contribution is 0.132. The number of ether oxygens (including phenoxy) is 1. The molecule has 0 aromatic heterocycles. The first-order valence-corrected chi connectivity index (χ1v) is 7.26. The van der Waals surface area contributed by atoms with Crippen molar-refractivity contribution < 1.29 is 4.74 Å². The quantitative estimate of drug-likeness (QED) is 0.627. The number of hydrogen-bond acceptors (Lipinski definition) is 3. The van der Waals surface area contributed by atoms with E-state index in [1.165, 1.54) is 32.4 Å². The van der Waals surface area contributed by atoms with E-state index in [1.807, 2.05) is 0 Å². The van der Waals surface area contributed by atoms with E-state index in [4.69, 9.17) is 4.74 Å². The second-order valence-corrected chi connectivity index (χ2v) is 5.40. The van der Waals surface area contributed by atoms with Crippen molar-refractivity contribution >= 4 is 0 Å². The average molecular weight is 242 g/mol. The molecule has 1 fully saturated rings. The summed E-state index contributed by atoms with van der Waals surface area (Å²) < 4.78 is 5.51. The molecular formula is C14H30N2O. The zero-order valence-electron chi connectivity index (χ0n) is 11.9. The minimum atomic E-state index is 0.771. The number of nitrogens with one attached hydrogen (secondary N) is 1. The first kappa shape index (κ1) is 14.9. The van der Waals surface area contributed by atoms with E-state index in [0.29, 0.717) is 0 Å². The third-order valence-corrected chi connectivity index (χ3v) is 3.55. The van der Waals surface area contributed by atoms with Crippen LogP contribution in [0.25, 0.3) is 0 Å². The van der Waals surface area contributed by atoms with Crippen molar-refractivity contribution in [2.45, 2.75) is 46.1 Å². The largest absolute Gasteiger partial charge is 0.380 e. The fourth-order valence-electron chi connectivity index (χ4n) is 2.54. The minimum absolute atomic E-state index is 0.771. The fourth-order valence-corrected chi connectivity index (χ4v) is 2.54. The van der Waals surface area contributed by atoms with Gasteiger partial charge in [-0.25, -0.2) is 0 Å². The van der Waals surface area contributed by atoms with Gasteiger partial charge in [-0.2, -0.15) is 0 Å². The summed E-state index contributed by atoms with van der Waals surface area (Å²) in [5.41, 5.74) is 0. The zero-order chi connectivity index (χ0) is 12.5. The Kier molecular flexibility index (Phi) is 7.82. The molecule has 0 amide bonds. The third kappa shape index (κ3) is 6.39. The molecule has 0 radical (unpaired) electrons. The SMILES string of the molecule is CCCCOCCNCCN1CC(C)CC1C. The van der Waals surface area contributed by atoms with Gasteiger partial charge >= 0.3 is 0 Å². The fraction of sp³-hybridized carbons (Fsp3) is 1.00. The molecule has 0 bridgehead atoms. The van der Waals surface area contributed by atoms with Crippen molar-refractivity contribution in [3.05, 3.63) is 0 Å². The van der Waals surface area contributed by atoms with E-state index in [1.54, 1.807) is 0 Å². The molecule has 1 aliphatic rings. The van der Waals surface area contributed by atoms with Crippen LogP contribution in [0.1, 0.15) is 40.0 Å². The van der Waals surface area contributed by atoms with Crippen molar-refractivity contribution in [1.29, 1.82) is 0 Å². The smallest absolute Gasteiger partial charge is 0.0590 e. The van der Waals surface area contributed by atoms with Crippen molar-refractivity contribution in [3.8, 4) is 0 Å². The van der Waals surface area contributed by atoms with Gasteiger partial charge in [0, 0.05) is 38.8 Å². The van der Waals surface area contributed by atoms with Crippen LogP contribution in [-0.2, 0) is 4.74 Å². The molecule has 0 aromatic carbocycles. The maximum Gasteiger partial charge on any atom is 0.0590 e. The average Bonchev–Trinajstić information content (AvgIpc) is 2.61. The lowest BCUT2D eigenvalue weighted by Crippen LogP contribution is -2.35. The molecule has 0 spiro atoms. The van der Waals surface area contributed by atoms with Crippen LogP contribution in [0.4, 0.5) is 0 Å². The maximum atomic E-state index is 5.51. The predicted molar refractivity (Wildman–Crippen MR) is 73.4 cm³/mol. The van der Waals surface area contributed by atoms with E-state index in [0.717, 1.165) is 38.3 Å². The highest BCUT2D eigenvalue weighted by Crippen LogP contribution is 2.21. The number of unbranched alkanes of at least 4 members (excludes halogenated alkanes) is 1. The van der Waals surface area contributed by atoms with Crippen LogP contribution in [0.2, 0.25) is 0 Å². The minimum Gasteiger partial charge on any atom is -0.380 e. The second kappa shape index (κ2) is 8.90. The molecule has 1 rings (SSSR count). The van der Waals surface area contributed by atoms with E-state index in [-0.39, 0.29) is 0 Å². The molecule has 1 aliphatic heterocycles. The van der Waals surface area contributed by atoms with Gasteiger partial charge in [-0.15, -0.1) is 0 Å². The van der Waals surface area contributed by atoms with Crippen molar-refractivity contribution in [1.82, 2.24) is 10.2 Å². The third-order valence-electron chi connectivity index (χ3n) is 3.55. The molecule has 0 aromatic rings. The van der Waals surface area contributed by atoms with Gasteiger partial charge in [0.2, 0.25) is 0 Å². The Morgan fingerprint density at radius 3 is 2.71 bits per heavy atom. The molecule has 102 valence electrons. The number of hydrogen-bond donors (Lipinski definition) is 1. The zero-order valence-corrected chi connectivity index (χ0v) is 11.9. The van der Waals surface area contributed by atoms with E-state index < -0.39 is 0 Å². The summed E-state index contributed by atoms with van der Waals surface area (Å²) in [6.07, 6.45) is 3.77. The lowest BCUT2D eigenvalue weighted by atomic mass is 10.1. The highest BCUT2D eigenvalue weighted by Gasteiger charge is 2.24. The molecule has 0 aliphatic carbocycles. The molecule has 2 atom stereocenters. The Labute approximate surface area is 107 Å². The maximum absolute atomic E-state index is 5.51. The van der Waals surface area contributed by atoms with Gasteiger partial charge in [0.1, 0.15) is 0 Å². The Bertz CT molecular complexity index is 187. The van der Waals surface area contributed by atoms with E-state index >= 15 is 0 Å². The molecule has 1 heterocycles. The topological polar surface area (TPSA) is 24.5 Å². The van der Waals surface area contributed by atoms with Crippen LogP contribution in [0, 0.1) is 5.92 Å². The molecule has 17 heavy (non-hydrogen) atoms. The predicted octanol–water partition coefficient (Wildman–Crippen LogP) is 2.12. The molecule has 0 saturated carbocycles. The molecule has 3 nitrogen and oxygen atoms in total. The van der Waals surface area contributed by atoms with Gasteiger partial charge in [-0.3, -0.25) is 4.90 Å². The number of likely N-dealkylation sites (tertiary alicyclic amines) is 1. The van der Waals surface area contributed by atoms with Crippen LogP contribution < -0.4 is 5.32 Å². The summed E-state index contributed by atoms with van der Waals surface area (Å²) in [6, 6.07) is 0.771. The van der Waals surface area contributed by atoms with Gasteiger partial charge < -0.3 is 10.1 Å². The normalized spacial score (nSPS) is 25.6. The molecule has 1 N–H and O–H groups in total. The second-order valence-electron chi connectivity index (χ2n) is 5.40. The summed E-state index contributed by atoms with van der Waals surface area (Å²) >= 11 is 0. The van der Waals surface area contributed by atoms with Crippen molar-refractivity contribution in [2.75, 3.05) is 39.4 Å². The highest BCUT2D eigenvalue weighted by atomic mass is 16.5. The summed E-state index contributed by atoms with van der Waals surface area (Å²) in [4.78, 5) is 2.59. The van der Waals surface area contributed by atoms with Gasteiger partial charge in [-0.05, 0) is 25.7 Å². The van der Waals surface area contributed by atoms with E-state index in [9.17, 15) is 0 Å². The first-order chi connectivity index (χ1) is 8.24. The van der Waals surface area contributed by atoms with Crippen LogP contribution in [0.5, 0.6) is 0 Å². The van der Waals surface area contributed by atoms with Crippen LogP contribution in [0.15, 0.2) is 0 Å². The lowest BCUT2D eigenvalue weighted by Gasteiger charge is -2.21. The monoisotopic (exact) mass is 242 g/mol. The summed E-state index contributed by atoms with van der Waals surface area (Å²) in [6.45, 7) is 13.2. The standard InChI is InChI=1S/C14H30N2O/c1-4-5-9-17-10-7-15-6-8-16-12-13(2)11-14(16)3/h13-15H,4-12H2,1-3H3. The first-order valence-electron chi connectivity index (χ1n) is 7.26. The molecule has 1 saturated heterocycles. The van der Waals surface area contributed by atoms with Gasteiger partial charge in [0.05, 0.1) is 6.61 Å². The van der Waals surface area contributed by atoms with Gasteiger partial charge in [0.25, 0.3) is 0 Å². The Morgan fingerprint density at radius 2 is 2.06 bits per heavy atom. The van der Waals surface area contributed by atoms with Crippen molar-refractivity contribution in [3.63, 3.8) is 0 Å². The molecule has 2 unspecified atom stereocenters. The van der Waals surface area contributed by atoms with Crippen molar-refractivity contribution in [2.24, 2.45) is 5.92 Å². The summed E-state index contributed by atoms with van der Waals surface area (Å²) in [7, 11) is 0. The van der Waals surface area contributed by atoms with Crippen LogP contribution >= 0.6 is 0 Å². The summed E-state index contributed by atoms with van der Waals surface area (Å²) in [5, 5.41) is 3.46. The van der Waals surface area contributed by atoms with Crippen LogP contribution in [-0.4, -0.2) is 50.3 Å². The number of nitrogens with zero attached hydrogens (tertiary/aromatic N) is 1. The highest BCUT2D eigenvalue weighted by molar-refractivity contribution is 4.80. The Morgan fingerprint density at radius 1 is 1.24 bits per heavy atom. The number of rotatable bonds is 9.